The van der Waals surface area contributed by atoms with E-state index in [1.165, 1.54) is 0 Å². The van der Waals surface area contributed by atoms with Gasteiger partial charge in [-0.3, -0.25) is 9.89 Å². The molecule has 0 saturated heterocycles. The number of anilines is 1. The molecule has 0 atom stereocenters. The molecule has 90 valence electrons. The van der Waals surface area contributed by atoms with Crippen LogP contribution in [0, 0.1) is 0 Å². The van der Waals surface area contributed by atoms with Crippen LogP contribution in [0.5, 0.6) is 0 Å². The smallest absolute Gasteiger partial charge is 0.226 e. The topological polar surface area (TPSA) is 83.8 Å². The first-order valence-corrected chi connectivity index (χ1v) is 5.46. The van der Waals surface area contributed by atoms with Crippen LogP contribution in [0.3, 0.4) is 0 Å². The van der Waals surface area contributed by atoms with Crippen molar-refractivity contribution in [2.24, 2.45) is 5.73 Å². The van der Waals surface area contributed by atoms with Crippen molar-refractivity contribution < 1.29 is 4.79 Å². The number of carbonyl (C=O) groups is 1. The van der Waals surface area contributed by atoms with Gasteiger partial charge in [-0.1, -0.05) is 12.1 Å². The number of hydrogen-bond donors (Lipinski definition) is 3. The first-order chi connectivity index (χ1) is 7.96. The van der Waals surface area contributed by atoms with Gasteiger partial charge in [-0.2, -0.15) is 5.10 Å². The molecule has 0 radical (unpaired) electrons. The normalized spacial score (nSPS) is 11.7. The van der Waals surface area contributed by atoms with Gasteiger partial charge in [-0.05, 0) is 19.9 Å². The molecule has 0 unspecified atom stereocenters. The molecule has 0 fully saturated rings. The van der Waals surface area contributed by atoms with E-state index in [0.717, 1.165) is 16.6 Å². The van der Waals surface area contributed by atoms with E-state index in [4.69, 9.17) is 5.73 Å². The van der Waals surface area contributed by atoms with Crippen LogP contribution in [-0.2, 0) is 4.79 Å². The molecule has 4 N–H and O–H groups in total. The number of H-pyrrole nitrogens is 1. The Balaban J connectivity index is 2.18. The summed E-state index contributed by atoms with van der Waals surface area (Å²) in [5.74, 6) is -0.0976. The van der Waals surface area contributed by atoms with E-state index in [0.29, 0.717) is 0 Å². The lowest BCUT2D eigenvalue weighted by Crippen LogP contribution is -2.36. The maximum Gasteiger partial charge on any atom is 0.226 e. The third-order valence-electron chi connectivity index (χ3n) is 2.37. The van der Waals surface area contributed by atoms with Crippen molar-refractivity contribution in [1.29, 1.82) is 0 Å². The second-order valence-electron chi connectivity index (χ2n) is 4.85. The molecule has 0 aliphatic rings. The number of fused-ring (bicyclic) bond motifs is 1. The van der Waals surface area contributed by atoms with E-state index in [1.807, 2.05) is 32.0 Å². The van der Waals surface area contributed by atoms with Crippen molar-refractivity contribution in [3.8, 4) is 0 Å². The summed E-state index contributed by atoms with van der Waals surface area (Å²) in [7, 11) is 0. The average Bonchev–Trinajstić information content (AvgIpc) is 2.63. The first-order valence-electron chi connectivity index (χ1n) is 5.46. The minimum absolute atomic E-state index is 0.0976. The van der Waals surface area contributed by atoms with E-state index < -0.39 is 5.54 Å². The summed E-state index contributed by atoms with van der Waals surface area (Å²) in [5, 5.41) is 10.6. The molecule has 17 heavy (non-hydrogen) atoms. The first kappa shape index (κ1) is 11.6. The number of benzene rings is 1. The van der Waals surface area contributed by atoms with Gasteiger partial charge >= 0.3 is 0 Å². The molecule has 0 bridgehead atoms. The number of rotatable bonds is 3. The molecule has 1 aromatic heterocycles. The maximum atomic E-state index is 11.8. The van der Waals surface area contributed by atoms with Crippen LogP contribution < -0.4 is 11.1 Å². The third-order valence-corrected chi connectivity index (χ3v) is 2.37. The summed E-state index contributed by atoms with van der Waals surface area (Å²) in [6.45, 7) is 3.65. The highest BCUT2D eigenvalue weighted by molar-refractivity contribution is 6.00. The van der Waals surface area contributed by atoms with Crippen molar-refractivity contribution in [2.75, 3.05) is 5.32 Å². The fourth-order valence-corrected chi connectivity index (χ4v) is 1.68. The largest absolute Gasteiger partial charge is 0.325 e. The van der Waals surface area contributed by atoms with Crippen molar-refractivity contribution in [1.82, 2.24) is 10.2 Å². The Morgan fingerprint density at radius 2 is 2.29 bits per heavy atom. The SMILES string of the molecule is CC(C)(N)CC(=O)Nc1cccc2cn[nH]c12. The Morgan fingerprint density at radius 1 is 1.53 bits per heavy atom. The Morgan fingerprint density at radius 3 is 3.00 bits per heavy atom. The molecule has 2 aromatic rings. The lowest BCUT2D eigenvalue weighted by molar-refractivity contribution is -0.117. The minimum atomic E-state index is -0.508. The summed E-state index contributed by atoms with van der Waals surface area (Å²) < 4.78 is 0. The van der Waals surface area contributed by atoms with E-state index in [1.54, 1.807) is 6.20 Å². The van der Waals surface area contributed by atoms with Gasteiger partial charge < -0.3 is 11.1 Å². The molecule has 0 saturated carbocycles. The van der Waals surface area contributed by atoms with Gasteiger partial charge in [0.1, 0.15) is 0 Å². The van der Waals surface area contributed by atoms with Gasteiger partial charge in [0.05, 0.1) is 17.4 Å². The number of hydrogen-bond acceptors (Lipinski definition) is 3. The number of nitrogens with zero attached hydrogens (tertiary/aromatic N) is 1. The standard InChI is InChI=1S/C12H16N4O/c1-12(2,13)6-10(17)15-9-5-3-4-8-7-14-16-11(8)9/h3-5,7H,6,13H2,1-2H3,(H,14,16)(H,15,17). The number of amides is 1. The molecule has 0 aliphatic heterocycles. The van der Waals surface area contributed by atoms with Crippen molar-refractivity contribution in [2.45, 2.75) is 25.8 Å². The zero-order chi connectivity index (χ0) is 12.5. The monoisotopic (exact) mass is 232 g/mol. The van der Waals surface area contributed by atoms with Gasteiger partial charge in [0.2, 0.25) is 5.91 Å². The molecule has 0 aliphatic carbocycles. The average molecular weight is 232 g/mol. The van der Waals surface area contributed by atoms with Crippen molar-refractivity contribution in [3.63, 3.8) is 0 Å². The van der Waals surface area contributed by atoms with E-state index in [2.05, 4.69) is 15.5 Å². The van der Waals surface area contributed by atoms with E-state index in [-0.39, 0.29) is 12.3 Å². The summed E-state index contributed by atoms with van der Waals surface area (Å²) in [6, 6.07) is 5.64. The zero-order valence-electron chi connectivity index (χ0n) is 9.95. The molecule has 0 spiro atoms. The molecule has 1 heterocycles. The lowest BCUT2D eigenvalue weighted by atomic mass is 10.0. The Hall–Kier alpha value is -1.88. The number of aromatic amines is 1. The molecule has 5 heteroatoms. The lowest BCUT2D eigenvalue weighted by Gasteiger charge is -2.17. The van der Waals surface area contributed by atoms with Gasteiger partial charge in [0.15, 0.2) is 0 Å². The predicted molar refractivity (Wildman–Crippen MR) is 67.6 cm³/mol. The quantitative estimate of drug-likeness (QED) is 0.752. The molecule has 2 rings (SSSR count). The molecular formula is C12H16N4O. The number of carbonyl (C=O) groups excluding carboxylic acids is 1. The van der Waals surface area contributed by atoms with Crippen LogP contribution in [0.4, 0.5) is 5.69 Å². The van der Waals surface area contributed by atoms with Gasteiger partial charge in [0, 0.05) is 17.3 Å². The fraction of sp³-hybridized carbons (Fsp3) is 0.333. The van der Waals surface area contributed by atoms with Gasteiger partial charge in [-0.15, -0.1) is 0 Å². The Labute approximate surface area is 99.4 Å². The molecular weight excluding hydrogens is 216 g/mol. The minimum Gasteiger partial charge on any atom is -0.325 e. The molecule has 5 nitrogen and oxygen atoms in total. The zero-order valence-corrected chi connectivity index (χ0v) is 9.95. The Kier molecular flexibility index (Phi) is 2.85. The van der Waals surface area contributed by atoms with Crippen LogP contribution in [0.1, 0.15) is 20.3 Å². The highest BCUT2D eigenvalue weighted by atomic mass is 16.1. The number of nitrogens with one attached hydrogen (secondary N) is 2. The van der Waals surface area contributed by atoms with Crippen LogP contribution in [-0.4, -0.2) is 21.6 Å². The fourth-order valence-electron chi connectivity index (χ4n) is 1.68. The van der Waals surface area contributed by atoms with Crippen LogP contribution >= 0.6 is 0 Å². The maximum absolute atomic E-state index is 11.8. The highest BCUT2D eigenvalue weighted by Gasteiger charge is 2.17. The summed E-state index contributed by atoms with van der Waals surface area (Å²) in [6.07, 6.45) is 2.00. The summed E-state index contributed by atoms with van der Waals surface area (Å²) >= 11 is 0. The second kappa shape index (κ2) is 4.18. The van der Waals surface area contributed by atoms with Crippen molar-refractivity contribution in [3.05, 3.63) is 24.4 Å². The van der Waals surface area contributed by atoms with Crippen LogP contribution in [0.2, 0.25) is 0 Å². The third kappa shape index (κ3) is 2.82. The van der Waals surface area contributed by atoms with Crippen molar-refractivity contribution >= 4 is 22.5 Å². The van der Waals surface area contributed by atoms with Crippen LogP contribution in [0.15, 0.2) is 24.4 Å². The second-order valence-corrected chi connectivity index (χ2v) is 4.85. The number of para-hydroxylation sites is 1. The Bertz CT molecular complexity index is 539. The van der Waals surface area contributed by atoms with Gasteiger partial charge in [0.25, 0.3) is 0 Å². The van der Waals surface area contributed by atoms with E-state index in [9.17, 15) is 4.79 Å². The highest BCUT2D eigenvalue weighted by Crippen LogP contribution is 2.20. The van der Waals surface area contributed by atoms with E-state index >= 15 is 0 Å². The van der Waals surface area contributed by atoms with Gasteiger partial charge in [-0.25, -0.2) is 0 Å². The summed E-state index contributed by atoms with van der Waals surface area (Å²) in [5.41, 5.74) is 6.85. The van der Waals surface area contributed by atoms with Crippen LogP contribution in [0.25, 0.3) is 10.9 Å². The number of nitrogens with two attached hydrogens (primary N) is 1. The predicted octanol–water partition coefficient (Wildman–Crippen LogP) is 1.63. The molecule has 1 aromatic carbocycles. The summed E-state index contributed by atoms with van der Waals surface area (Å²) in [4.78, 5) is 11.8. The number of aromatic nitrogens is 2. The molecule has 1 amide bonds.